The molecule has 3 N–H and O–H groups in total. The summed E-state index contributed by atoms with van der Waals surface area (Å²) in [4.78, 5) is 10.9. The fraction of sp³-hybridized carbons (Fsp3) is 0. The van der Waals surface area contributed by atoms with Crippen LogP contribution in [0.3, 0.4) is 0 Å². The Bertz CT molecular complexity index is 357. The van der Waals surface area contributed by atoms with E-state index in [0.29, 0.717) is 3.57 Å². The molecule has 1 aromatic carbocycles. The summed E-state index contributed by atoms with van der Waals surface area (Å²) < 4.78 is 26.1. The number of carbonyl (C=O) groups is 1. The fourth-order valence-corrected chi connectivity index (χ4v) is 1.38. The molecule has 0 aromatic heterocycles. The van der Waals surface area contributed by atoms with Crippen molar-refractivity contribution in [2.75, 3.05) is 0 Å². The van der Waals surface area contributed by atoms with Gasteiger partial charge in [-0.3, -0.25) is 10.2 Å². The zero-order chi connectivity index (χ0) is 10.0. The van der Waals surface area contributed by atoms with E-state index in [1.807, 2.05) is 0 Å². The van der Waals surface area contributed by atoms with Crippen LogP contribution in [0.5, 0.6) is 0 Å². The molecule has 0 aliphatic carbocycles. The number of halogens is 3. The summed E-state index contributed by atoms with van der Waals surface area (Å²) in [6.45, 7) is 0. The molecule has 0 saturated heterocycles. The van der Waals surface area contributed by atoms with Crippen molar-refractivity contribution in [3.63, 3.8) is 0 Å². The molecule has 13 heavy (non-hydrogen) atoms. The second-order valence-corrected chi connectivity index (χ2v) is 3.47. The van der Waals surface area contributed by atoms with Gasteiger partial charge < -0.3 is 0 Å². The highest BCUT2D eigenvalue weighted by molar-refractivity contribution is 14.1. The van der Waals surface area contributed by atoms with E-state index >= 15 is 0 Å². The third-order valence-electron chi connectivity index (χ3n) is 1.37. The molecular weight excluding hydrogens is 293 g/mol. The molecule has 0 radical (unpaired) electrons. The number of hydrogen-bond donors (Lipinski definition) is 2. The van der Waals surface area contributed by atoms with E-state index in [-0.39, 0.29) is 0 Å². The van der Waals surface area contributed by atoms with E-state index in [1.165, 1.54) is 6.07 Å². The third-order valence-corrected chi connectivity index (χ3v) is 1.99. The Balaban J connectivity index is 3.28. The lowest BCUT2D eigenvalue weighted by atomic mass is 10.2. The van der Waals surface area contributed by atoms with Crippen molar-refractivity contribution in [1.29, 1.82) is 0 Å². The van der Waals surface area contributed by atoms with Gasteiger partial charge in [0.25, 0.3) is 5.91 Å². The zero-order valence-electron chi connectivity index (χ0n) is 6.27. The molecule has 0 heterocycles. The summed E-state index contributed by atoms with van der Waals surface area (Å²) in [6, 6.07) is 2.20. The number of carbonyl (C=O) groups excluding carboxylic acids is 1. The van der Waals surface area contributed by atoms with E-state index in [1.54, 1.807) is 28.0 Å². The van der Waals surface area contributed by atoms with Gasteiger partial charge in [0.2, 0.25) is 0 Å². The molecule has 1 aromatic rings. The van der Waals surface area contributed by atoms with Gasteiger partial charge in [-0.25, -0.2) is 14.6 Å². The summed E-state index contributed by atoms with van der Waals surface area (Å²) in [5.41, 5.74) is 1.33. The van der Waals surface area contributed by atoms with Crippen molar-refractivity contribution in [1.82, 2.24) is 5.43 Å². The van der Waals surface area contributed by atoms with Crippen LogP contribution >= 0.6 is 22.6 Å². The van der Waals surface area contributed by atoms with Gasteiger partial charge in [-0.05, 0) is 34.7 Å². The van der Waals surface area contributed by atoms with Crippen LogP contribution in [0, 0.1) is 15.2 Å². The van der Waals surface area contributed by atoms with Crippen molar-refractivity contribution in [3.8, 4) is 0 Å². The van der Waals surface area contributed by atoms with Gasteiger partial charge in [-0.15, -0.1) is 0 Å². The van der Waals surface area contributed by atoms with Crippen molar-refractivity contribution in [2.45, 2.75) is 0 Å². The third kappa shape index (κ3) is 2.13. The molecule has 0 fully saturated rings. The molecule has 1 amide bonds. The minimum absolute atomic E-state index is 0.396. The Morgan fingerprint density at radius 1 is 1.46 bits per heavy atom. The summed E-state index contributed by atoms with van der Waals surface area (Å²) in [7, 11) is 0. The number of benzene rings is 1. The number of hydrazine groups is 1. The molecule has 1 rings (SSSR count). The topological polar surface area (TPSA) is 55.1 Å². The van der Waals surface area contributed by atoms with Crippen LogP contribution < -0.4 is 11.3 Å². The van der Waals surface area contributed by atoms with Gasteiger partial charge in [-0.1, -0.05) is 0 Å². The summed E-state index contributed by atoms with van der Waals surface area (Å²) >= 11 is 1.77. The summed E-state index contributed by atoms with van der Waals surface area (Å²) in [6.07, 6.45) is 0. The van der Waals surface area contributed by atoms with Crippen LogP contribution in [0.1, 0.15) is 10.4 Å². The Hall–Kier alpha value is -0.760. The van der Waals surface area contributed by atoms with E-state index in [4.69, 9.17) is 5.84 Å². The number of hydrogen-bond acceptors (Lipinski definition) is 2. The normalized spacial score (nSPS) is 9.85. The maximum Gasteiger partial charge on any atom is 0.268 e. The molecule has 0 saturated carbocycles. The molecule has 3 nitrogen and oxygen atoms in total. The lowest BCUT2D eigenvalue weighted by molar-refractivity contribution is 0.0948. The van der Waals surface area contributed by atoms with Gasteiger partial charge in [0, 0.05) is 3.57 Å². The van der Waals surface area contributed by atoms with Gasteiger partial charge in [0.15, 0.2) is 11.6 Å². The molecule has 0 aliphatic rings. The number of nitrogens with two attached hydrogens (primary N) is 1. The molecule has 0 spiro atoms. The first-order valence-corrected chi connectivity index (χ1v) is 4.29. The average Bonchev–Trinajstić information content (AvgIpc) is 2.10. The van der Waals surface area contributed by atoms with Gasteiger partial charge in [0.1, 0.15) is 0 Å². The number of rotatable bonds is 1. The van der Waals surface area contributed by atoms with Crippen LogP contribution in [0.25, 0.3) is 0 Å². The Labute approximate surface area is 86.4 Å². The van der Waals surface area contributed by atoms with E-state index in [0.717, 1.165) is 6.07 Å². The minimum Gasteiger partial charge on any atom is -0.290 e. The van der Waals surface area contributed by atoms with Crippen molar-refractivity contribution in [3.05, 3.63) is 32.9 Å². The van der Waals surface area contributed by atoms with Crippen LogP contribution in [-0.2, 0) is 0 Å². The highest BCUT2D eigenvalue weighted by Crippen LogP contribution is 2.16. The standard InChI is InChI=1S/C7H5F2IN2O/c8-5-2-3(10)1-4(6(5)9)7(13)12-11/h1-2H,11H2,(H,12,13). The average molecular weight is 298 g/mol. The first kappa shape index (κ1) is 10.3. The highest BCUT2D eigenvalue weighted by atomic mass is 127. The van der Waals surface area contributed by atoms with Crippen LogP contribution in [0.4, 0.5) is 8.78 Å². The first-order chi connectivity index (χ1) is 6.06. The maximum atomic E-state index is 12.9. The van der Waals surface area contributed by atoms with Crippen LogP contribution in [-0.4, -0.2) is 5.91 Å². The number of amides is 1. The Morgan fingerprint density at radius 2 is 2.08 bits per heavy atom. The van der Waals surface area contributed by atoms with Crippen molar-refractivity contribution < 1.29 is 13.6 Å². The Morgan fingerprint density at radius 3 is 2.62 bits per heavy atom. The van der Waals surface area contributed by atoms with Crippen molar-refractivity contribution >= 4 is 28.5 Å². The minimum atomic E-state index is -1.19. The van der Waals surface area contributed by atoms with Gasteiger partial charge in [0.05, 0.1) is 5.56 Å². The zero-order valence-corrected chi connectivity index (χ0v) is 8.43. The van der Waals surface area contributed by atoms with Crippen molar-refractivity contribution in [2.24, 2.45) is 5.84 Å². The smallest absolute Gasteiger partial charge is 0.268 e. The number of nitrogens with one attached hydrogen (secondary N) is 1. The van der Waals surface area contributed by atoms with Gasteiger partial charge in [-0.2, -0.15) is 0 Å². The van der Waals surface area contributed by atoms with E-state index in [2.05, 4.69) is 0 Å². The second-order valence-electron chi connectivity index (χ2n) is 2.22. The lowest BCUT2D eigenvalue weighted by Gasteiger charge is -2.02. The molecular formula is C7H5F2IN2O. The van der Waals surface area contributed by atoms with E-state index < -0.39 is 23.1 Å². The molecule has 0 bridgehead atoms. The highest BCUT2D eigenvalue weighted by Gasteiger charge is 2.15. The molecule has 0 aliphatic heterocycles. The van der Waals surface area contributed by atoms with Crippen LogP contribution in [0.15, 0.2) is 12.1 Å². The van der Waals surface area contributed by atoms with Crippen LogP contribution in [0.2, 0.25) is 0 Å². The first-order valence-electron chi connectivity index (χ1n) is 3.21. The largest absolute Gasteiger partial charge is 0.290 e. The predicted octanol–water partition coefficient (Wildman–Crippen LogP) is 1.17. The second kappa shape index (κ2) is 3.97. The predicted molar refractivity (Wildman–Crippen MR) is 50.7 cm³/mol. The Kier molecular flexibility index (Phi) is 3.15. The molecule has 6 heteroatoms. The molecule has 70 valence electrons. The summed E-state index contributed by atoms with van der Waals surface area (Å²) in [5, 5.41) is 0. The molecule has 0 unspecified atom stereocenters. The quantitative estimate of drug-likeness (QED) is 0.269. The fourth-order valence-electron chi connectivity index (χ4n) is 0.799. The lowest BCUT2D eigenvalue weighted by Crippen LogP contribution is -2.31. The monoisotopic (exact) mass is 298 g/mol. The maximum absolute atomic E-state index is 12.9. The molecule has 0 atom stereocenters. The van der Waals surface area contributed by atoms with E-state index in [9.17, 15) is 13.6 Å². The SMILES string of the molecule is NNC(=O)c1cc(I)cc(F)c1F. The van der Waals surface area contributed by atoms with Gasteiger partial charge >= 0.3 is 0 Å². The summed E-state index contributed by atoms with van der Waals surface area (Å²) in [5.74, 6) is 1.67. The number of nitrogen functional groups attached to an aromatic ring is 1.